The first-order valence-corrected chi connectivity index (χ1v) is 12.0. The van der Waals surface area contributed by atoms with Crippen LogP contribution in [0, 0.1) is 11.2 Å². The van der Waals surface area contributed by atoms with Crippen molar-refractivity contribution in [2.24, 2.45) is 11.1 Å². The maximum absolute atomic E-state index is 13.6. The molecule has 2 aromatic rings. The van der Waals surface area contributed by atoms with E-state index >= 15 is 0 Å². The highest BCUT2D eigenvalue weighted by Crippen LogP contribution is 2.48. The number of aromatic nitrogens is 2. The number of carbonyl (C=O) groups excluding carboxylic acids is 3. The van der Waals surface area contributed by atoms with Crippen molar-refractivity contribution in [1.82, 2.24) is 14.9 Å². The SMILES string of the molecule is CC(C)NC(=O)c1ncn(C2CCC3(CCCN(c4ccc(F)cc4Cl)C3=O)CC2)c1C(N)=O. The van der Waals surface area contributed by atoms with Gasteiger partial charge >= 0.3 is 0 Å². The van der Waals surface area contributed by atoms with E-state index < -0.39 is 23.0 Å². The van der Waals surface area contributed by atoms with Crippen LogP contribution in [0.25, 0.3) is 0 Å². The van der Waals surface area contributed by atoms with E-state index in [9.17, 15) is 18.8 Å². The van der Waals surface area contributed by atoms with E-state index in [1.54, 1.807) is 15.5 Å². The normalized spacial score (nSPS) is 22.9. The number of imidazole rings is 1. The Morgan fingerprint density at radius 1 is 1.26 bits per heavy atom. The summed E-state index contributed by atoms with van der Waals surface area (Å²) in [5.41, 5.74) is 5.73. The van der Waals surface area contributed by atoms with Crippen LogP contribution in [-0.4, -0.2) is 39.9 Å². The Balaban J connectivity index is 1.54. The second kappa shape index (κ2) is 9.37. The number of primary amides is 1. The highest BCUT2D eigenvalue weighted by atomic mass is 35.5. The Morgan fingerprint density at radius 3 is 2.59 bits per heavy atom. The molecule has 0 bridgehead atoms. The van der Waals surface area contributed by atoms with Gasteiger partial charge < -0.3 is 20.5 Å². The number of carbonyl (C=O) groups is 3. The smallest absolute Gasteiger partial charge is 0.272 e. The topological polar surface area (TPSA) is 110 Å². The van der Waals surface area contributed by atoms with Crippen LogP contribution in [-0.2, 0) is 4.79 Å². The van der Waals surface area contributed by atoms with Crippen molar-refractivity contribution in [3.05, 3.63) is 46.8 Å². The van der Waals surface area contributed by atoms with Crippen molar-refractivity contribution >= 4 is 35.0 Å². The van der Waals surface area contributed by atoms with E-state index in [1.807, 2.05) is 13.8 Å². The maximum atomic E-state index is 13.6. The molecule has 2 heterocycles. The fraction of sp³-hybridized carbons (Fsp3) is 0.500. The molecule has 1 saturated carbocycles. The van der Waals surface area contributed by atoms with Crippen LogP contribution in [0.4, 0.5) is 10.1 Å². The summed E-state index contributed by atoms with van der Waals surface area (Å²) in [6.07, 6.45) is 5.59. The summed E-state index contributed by atoms with van der Waals surface area (Å²) in [6, 6.07) is 3.87. The molecule has 1 aliphatic heterocycles. The Morgan fingerprint density at radius 2 is 1.97 bits per heavy atom. The van der Waals surface area contributed by atoms with Gasteiger partial charge in [0.1, 0.15) is 11.5 Å². The third-order valence-corrected chi connectivity index (χ3v) is 7.21. The highest BCUT2D eigenvalue weighted by Gasteiger charge is 2.47. The molecule has 34 heavy (non-hydrogen) atoms. The minimum Gasteiger partial charge on any atom is -0.364 e. The molecule has 0 unspecified atom stereocenters. The molecular weight excluding hydrogens is 461 g/mol. The molecule has 1 spiro atoms. The summed E-state index contributed by atoms with van der Waals surface area (Å²) < 4.78 is 15.2. The second-order valence-electron chi connectivity index (χ2n) is 9.51. The second-order valence-corrected chi connectivity index (χ2v) is 9.92. The summed E-state index contributed by atoms with van der Waals surface area (Å²) in [5.74, 6) is -1.59. The van der Waals surface area contributed by atoms with Gasteiger partial charge in [0.15, 0.2) is 5.69 Å². The van der Waals surface area contributed by atoms with Gasteiger partial charge in [-0.1, -0.05) is 11.6 Å². The first kappa shape index (κ1) is 24.2. The summed E-state index contributed by atoms with van der Waals surface area (Å²) in [6.45, 7) is 4.18. The van der Waals surface area contributed by atoms with Gasteiger partial charge in [-0.25, -0.2) is 9.37 Å². The van der Waals surface area contributed by atoms with E-state index in [0.29, 0.717) is 37.9 Å². The Bertz CT molecular complexity index is 1120. The predicted octanol–water partition coefficient (Wildman–Crippen LogP) is 3.84. The quantitative estimate of drug-likeness (QED) is 0.664. The number of nitrogens with two attached hydrogens (primary N) is 1. The number of piperidine rings is 1. The van der Waals surface area contributed by atoms with E-state index in [4.69, 9.17) is 17.3 Å². The molecule has 3 amide bonds. The molecule has 2 aliphatic rings. The molecule has 0 atom stereocenters. The summed E-state index contributed by atoms with van der Waals surface area (Å²) in [7, 11) is 0. The van der Waals surface area contributed by atoms with Crippen LogP contribution in [0.15, 0.2) is 24.5 Å². The number of nitrogens with one attached hydrogen (secondary N) is 1. The van der Waals surface area contributed by atoms with Crippen LogP contribution >= 0.6 is 11.6 Å². The number of benzene rings is 1. The molecule has 4 rings (SSSR count). The largest absolute Gasteiger partial charge is 0.364 e. The molecule has 1 aromatic carbocycles. The predicted molar refractivity (Wildman–Crippen MR) is 126 cm³/mol. The van der Waals surface area contributed by atoms with Gasteiger partial charge in [-0.2, -0.15) is 0 Å². The van der Waals surface area contributed by atoms with Crippen molar-refractivity contribution < 1.29 is 18.8 Å². The minimum atomic E-state index is -0.711. The monoisotopic (exact) mass is 489 g/mol. The van der Waals surface area contributed by atoms with E-state index in [2.05, 4.69) is 10.3 Å². The lowest BCUT2D eigenvalue weighted by Crippen LogP contribution is -2.50. The van der Waals surface area contributed by atoms with Gasteiger partial charge in [-0.15, -0.1) is 0 Å². The molecular formula is C24H29ClFN5O3. The van der Waals surface area contributed by atoms with Crippen LogP contribution in [0.3, 0.4) is 0 Å². The van der Waals surface area contributed by atoms with E-state index in [1.165, 1.54) is 18.5 Å². The summed E-state index contributed by atoms with van der Waals surface area (Å²) >= 11 is 6.24. The summed E-state index contributed by atoms with van der Waals surface area (Å²) in [5, 5.41) is 2.96. The zero-order valence-corrected chi connectivity index (χ0v) is 20.1. The van der Waals surface area contributed by atoms with Crippen LogP contribution in [0.1, 0.15) is 79.4 Å². The molecule has 1 saturated heterocycles. The average molecular weight is 490 g/mol. The van der Waals surface area contributed by atoms with Crippen molar-refractivity contribution in [3.63, 3.8) is 0 Å². The summed E-state index contributed by atoms with van der Waals surface area (Å²) in [4.78, 5) is 44.2. The number of hydrogen-bond acceptors (Lipinski definition) is 4. The number of rotatable bonds is 5. The molecule has 1 aromatic heterocycles. The molecule has 10 heteroatoms. The Hall–Kier alpha value is -2.94. The number of hydrogen-bond donors (Lipinski definition) is 2. The number of anilines is 1. The van der Waals surface area contributed by atoms with Crippen molar-refractivity contribution in [3.8, 4) is 0 Å². The van der Waals surface area contributed by atoms with Crippen molar-refractivity contribution in [2.45, 2.75) is 64.5 Å². The van der Waals surface area contributed by atoms with Crippen molar-refractivity contribution in [1.29, 1.82) is 0 Å². The van der Waals surface area contributed by atoms with E-state index in [-0.39, 0.29) is 34.4 Å². The molecule has 2 fully saturated rings. The van der Waals surface area contributed by atoms with Gasteiger partial charge in [0.25, 0.3) is 11.8 Å². The fourth-order valence-electron chi connectivity index (χ4n) is 5.28. The van der Waals surface area contributed by atoms with Gasteiger partial charge in [0, 0.05) is 24.0 Å². The first-order chi connectivity index (χ1) is 16.1. The van der Waals surface area contributed by atoms with Crippen LogP contribution in [0.5, 0.6) is 0 Å². The highest BCUT2D eigenvalue weighted by molar-refractivity contribution is 6.33. The molecule has 0 radical (unpaired) electrons. The number of nitrogens with zero attached hydrogens (tertiary/aromatic N) is 3. The van der Waals surface area contributed by atoms with Crippen molar-refractivity contribution in [2.75, 3.05) is 11.4 Å². The third-order valence-electron chi connectivity index (χ3n) is 6.90. The van der Waals surface area contributed by atoms with Gasteiger partial charge in [-0.3, -0.25) is 14.4 Å². The van der Waals surface area contributed by atoms with Gasteiger partial charge in [-0.05, 0) is 70.6 Å². The maximum Gasteiger partial charge on any atom is 0.272 e. The lowest BCUT2D eigenvalue weighted by molar-refractivity contribution is -0.133. The lowest BCUT2D eigenvalue weighted by atomic mass is 9.67. The zero-order valence-electron chi connectivity index (χ0n) is 19.3. The first-order valence-electron chi connectivity index (χ1n) is 11.6. The molecule has 1 aliphatic carbocycles. The Labute approximate surface area is 202 Å². The Kier molecular flexibility index (Phi) is 6.66. The molecule has 8 nitrogen and oxygen atoms in total. The lowest BCUT2D eigenvalue weighted by Gasteiger charge is -2.46. The zero-order chi connectivity index (χ0) is 24.6. The number of amides is 3. The standard InChI is InChI=1S/C24H29ClFN5O3/c1-14(2)29-22(33)19-20(21(27)32)31(13-28-19)16-6-9-24(10-7-16)8-3-11-30(23(24)34)18-5-4-15(26)12-17(18)25/h4-5,12-14,16H,3,6-11H2,1-2H3,(H2,27,32)(H,29,33). The minimum absolute atomic E-state index is 0.00321. The average Bonchev–Trinajstić information content (AvgIpc) is 3.22. The third kappa shape index (κ3) is 4.41. The van der Waals surface area contributed by atoms with E-state index in [0.717, 1.165) is 12.8 Å². The fourth-order valence-corrected chi connectivity index (χ4v) is 5.55. The van der Waals surface area contributed by atoms with Crippen LogP contribution < -0.4 is 16.0 Å². The van der Waals surface area contributed by atoms with Crippen LogP contribution in [0.2, 0.25) is 5.02 Å². The number of halogens is 2. The van der Waals surface area contributed by atoms with Gasteiger partial charge in [0.05, 0.1) is 17.0 Å². The molecule has 182 valence electrons. The molecule has 3 N–H and O–H groups in total. The van der Waals surface area contributed by atoms with Gasteiger partial charge in [0.2, 0.25) is 5.91 Å².